The smallest absolute Gasteiger partial charge is 0.255 e. The highest BCUT2D eigenvalue weighted by molar-refractivity contribution is 6.05. The lowest BCUT2D eigenvalue weighted by atomic mass is 10.0. The van der Waals surface area contributed by atoms with Crippen LogP contribution < -0.4 is 15.5 Å². The second-order valence-electron chi connectivity index (χ2n) is 8.74. The van der Waals surface area contributed by atoms with Gasteiger partial charge in [0.25, 0.3) is 5.91 Å². The number of imide groups is 1. The third kappa shape index (κ3) is 4.10. The van der Waals surface area contributed by atoms with Gasteiger partial charge in [0, 0.05) is 62.3 Å². The van der Waals surface area contributed by atoms with E-state index >= 15 is 0 Å². The molecule has 2 N–H and O–H groups in total. The zero-order valence-electron chi connectivity index (χ0n) is 17.9. The lowest BCUT2D eigenvalue weighted by Crippen LogP contribution is -2.52. The van der Waals surface area contributed by atoms with Crippen LogP contribution in [0.4, 0.5) is 5.69 Å². The number of benzene rings is 1. The van der Waals surface area contributed by atoms with Gasteiger partial charge >= 0.3 is 0 Å². The second-order valence-corrected chi connectivity index (χ2v) is 8.74. The SMILES string of the molecule is O=C1CCC(N2Cc3cc(CNC4CCN(c5ccncc5)CC4)ccc3C2=O)C(=O)N1. The zero-order chi connectivity index (χ0) is 22.1. The Kier molecular flexibility index (Phi) is 5.61. The topological polar surface area (TPSA) is 94.6 Å². The second kappa shape index (κ2) is 8.70. The molecule has 3 aliphatic rings. The minimum atomic E-state index is -0.570. The van der Waals surface area contributed by atoms with Crippen molar-refractivity contribution in [3.8, 4) is 0 Å². The van der Waals surface area contributed by atoms with E-state index in [0.29, 0.717) is 24.6 Å². The van der Waals surface area contributed by atoms with Crippen LogP contribution in [0.15, 0.2) is 42.7 Å². The summed E-state index contributed by atoms with van der Waals surface area (Å²) in [6.45, 7) is 3.20. The Balaban J connectivity index is 1.16. The molecule has 0 radical (unpaired) electrons. The molecule has 3 aliphatic heterocycles. The van der Waals surface area contributed by atoms with Crippen LogP contribution in [0.5, 0.6) is 0 Å². The third-order valence-electron chi connectivity index (χ3n) is 6.71. The van der Waals surface area contributed by atoms with Crippen molar-refractivity contribution in [1.29, 1.82) is 0 Å². The summed E-state index contributed by atoms with van der Waals surface area (Å²) in [6.07, 6.45) is 6.48. The van der Waals surface area contributed by atoms with Gasteiger partial charge in [-0.15, -0.1) is 0 Å². The first kappa shape index (κ1) is 20.6. The number of piperidine rings is 2. The Morgan fingerprint density at radius 2 is 1.81 bits per heavy atom. The molecule has 0 spiro atoms. The van der Waals surface area contributed by atoms with Crippen LogP contribution in [0.2, 0.25) is 0 Å². The van der Waals surface area contributed by atoms with Gasteiger partial charge in [0.2, 0.25) is 11.8 Å². The highest BCUT2D eigenvalue weighted by Crippen LogP contribution is 2.28. The molecule has 1 aromatic carbocycles. The van der Waals surface area contributed by atoms with E-state index in [-0.39, 0.29) is 24.1 Å². The largest absolute Gasteiger partial charge is 0.371 e. The lowest BCUT2D eigenvalue weighted by Gasteiger charge is -2.34. The molecule has 0 aliphatic carbocycles. The molecular formula is C24H27N5O3. The maximum atomic E-state index is 12.8. The van der Waals surface area contributed by atoms with E-state index in [2.05, 4.69) is 38.7 Å². The monoisotopic (exact) mass is 433 g/mol. The van der Waals surface area contributed by atoms with E-state index in [1.807, 2.05) is 24.5 Å². The zero-order valence-corrected chi connectivity index (χ0v) is 17.9. The van der Waals surface area contributed by atoms with Crippen molar-refractivity contribution >= 4 is 23.4 Å². The van der Waals surface area contributed by atoms with Gasteiger partial charge in [-0.1, -0.05) is 12.1 Å². The predicted molar refractivity (Wildman–Crippen MR) is 119 cm³/mol. The highest BCUT2D eigenvalue weighted by atomic mass is 16.2. The van der Waals surface area contributed by atoms with Crippen molar-refractivity contribution in [3.05, 3.63) is 59.4 Å². The van der Waals surface area contributed by atoms with Crippen molar-refractivity contribution in [3.63, 3.8) is 0 Å². The summed E-state index contributed by atoms with van der Waals surface area (Å²) in [4.78, 5) is 44.5. The van der Waals surface area contributed by atoms with Crippen LogP contribution in [-0.2, 0) is 22.7 Å². The molecule has 32 heavy (non-hydrogen) atoms. The number of anilines is 1. The summed E-state index contributed by atoms with van der Waals surface area (Å²) < 4.78 is 0. The standard InChI is InChI=1S/C24H27N5O3/c30-22-4-3-21(23(31)27-22)29-15-17-13-16(1-2-20(17)24(29)32)14-26-18-7-11-28(12-8-18)19-5-9-25-10-6-19/h1-2,5-6,9-10,13,18,21,26H,3-4,7-8,11-12,14-15H2,(H,27,30,31). The minimum absolute atomic E-state index is 0.127. The van der Waals surface area contributed by atoms with E-state index in [1.54, 1.807) is 4.90 Å². The van der Waals surface area contributed by atoms with E-state index in [4.69, 9.17) is 0 Å². The highest BCUT2D eigenvalue weighted by Gasteiger charge is 2.39. The van der Waals surface area contributed by atoms with Crippen molar-refractivity contribution in [2.45, 2.75) is 50.9 Å². The van der Waals surface area contributed by atoms with E-state index in [0.717, 1.165) is 43.6 Å². The number of carbonyl (C=O) groups is 3. The van der Waals surface area contributed by atoms with E-state index < -0.39 is 6.04 Å². The molecule has 0 bridgehead atoms. The van der Waals surface area contributed by atoms with Crippen molar-refractivity contribution in [2.75, 3.05) is 18.0 Å². The number of nitrogens with one attached hydrogen (secondary N) is 2. The maximum absolute atomic E-state index is 12.8. The van der Waals surface area contributed by atoms with Gasteiger partial charge in [0.05, 0.1) is 0 Å². The Bertz CT molecular complexity index is 1030. The number of nitrogens with zero attached hydrogens (tertiary/aromatic N) is 3. The van der Waals surface area contributed by atoms with Crippen LogP contribution in [-0.4, -0.2) is 52.8 Å². The van der Waals surface area contributed by atoms with Crippen molar-refractivity contribution in [1.82, 2.24) is 20.5 Å². The molecular weight excluding hydrogens is 406 g/mol. The number of hydrogen-bond acceptors (Lipinski definition) is 6. The molecule has 8 nitrogen and oxygen atoms in total. The average Bonchev–Trinajstić information content (AvgIpc) is 3.14. The Morgan fingerprint density at radius 1 is 1.03 bits per heavy atom. The van der Waals surface area contributed by atoms with Crippen molar-refractivity contribution in [2.24, 2.45) is 0 Å². The fourth-order valence-electron chi connectivity index (χ4n) is 4.90. The van der Waals surface area contributed by atoms with Gasteiger partial charge in [0.15, 0.2) is 0 Å². The Labute approximate surface area is 187 Å². The molecule has 1 unspecified atom stereocenters. The molecule has 2 aromatic rings. The number of aromatic nitrogens is 1. The van der Waals surface area contributed by atoms with Crippen LogP contribution in [0, 0.1) is 0 Å². The molecule has 4 heterocycles. The molecule has 2 fully saturated rings. The fraction of sp³-hybridized carbons (Fsp3) is 0.417. The lowest BCUT2D eigenvalue weighted by molar-refractivity contribution is -0.136. The van der Waals surface area contributed by atoms with E-state index in [9.17, 15) is 14.4 Å². The predicted octanol–water partition coefficient (Wildman–Crippen LogP) is 1.60. The first-order valence-electron chi connectivity index (χ1n) is 11.2. The maximum Gasteiger partial charge on any atom is 0.255 e. The summed E-state index contributed by atoms with van der Waals surface area (Å²) in [7, 11) is 0. The number of hydrogen-bond donors (Lipinski definition) is 2. The van der Waals surface area contributed by atoms with Gasteiger partial charge < -0.3 is 15.1 Å². The van der Waals surface area contributed by atoms with Crippen LogP contribution in [0.1, 0.15) is 47.2 Å². The van der Waals surface area contributed by atoms with Crippen molar-refractivity contribution < 1.29 is 14.4 Å². The first-order valence-corrected chi connectivity index (χ1v) is 11.2. The summed E-state index contributed by atoms with van der Waals surface area (Å²) in [6, 6.07) is 9.92. The van der Waals surface area contributed by atoms with Gasteiger partial charge in [-0.25, -0.2) is 0 Å². The molecule has 2 saturated heterocycles. The van der Waals surface area contributed by atoms with Gasteiger partial charge in [-0.3, -0.25) is 24.7 Å². The number of carbonyl (C=O) groups excluding carboxylic acids is 3. The Morgan fingerprint density at radius 3 is 2.56 bits per heavy atom. The molecule has 1 aromatic heterocycles. The van der Waals surface area contributed by atoms with E-state index in [1.165, 1.54) is 5.69 Å². The number of pyridine rings is 1. The average molecular weight is 434 g/mol. The number of fused-ring (bicyclic) bond motifs is 1. The molecule has 8 heteroatoms. The normalized spacial score (nSPS) is 21.6. The minimum Gasteiger partial charge on any atom is -0.371 e. The first-order chi connectivity index (χ1) is 15.6. The number of rotatable bonds is 5. The molecule has 166 valence electrons. The van der Waals surface area contributed by atoms with Crippen LogP contribution in [0.3, 0.4) is 0 Å². The summed E-state index contributed by atoms with van der Waals surface area (Å²) >= 11 is 0. The summed E-state index contributed by atoms with van der Waals surface area (Å²) in [5.74, 6) is -0.768. The quantitative estimate of drug-likeness (QED) is 0.696. The molecule has 3 amide bonds. The Hall–Kier alpha value is -3.26. The summed E-state index contributed by atoms with van der Waals surface area (Å²) in [5, 5.41) is 6.01. The van der Waals surface area contributed by atoms with Gasteiger partial charge in [-0.2, -0.15) is 0 Å². The van der Waals surface area contributed by atoms with Gasteiger partial charge in [-0.05, 0) is 48.6 Å². The molecule has 5 rings (SSSR count). The van der Waals surface area contributed by atoms with Crippen LogP contribution in [0.25, 0.3) is 0 Å². The van der Waals surface area contributed by atoms with Crippen LogP contribution >= 0.6 is 0 Å². The molecule has 1 atom stereocenters. The fourth-order valence-corrected chi connectivity index (χ4v) is 4.90. The van der Waals surface area contributed by atoms with Gasteiger partial charge in [0.1, 0.15) is 6.04 Å². The summed E-state index contributed by atoms with van der Waals surface area (Å²) in [5.41, 5.74) is 3.97. The molecule has 0 saturated carbocycles. The number of amides is 3. The third-order valence-corrected chi connectivity index (χ3v) is 6.71.